The van der Waals surface area contributed by atoms with Crippen LogP contribution in [0.2, 0.25) is 0 Å². The lowest BCUT2D eigenvalue weighted by Gasteiger charge is -2.16. The average Bonchev–Trinajstić information content (AvgIpc) is 2.91. The van der Waals surface area contributed by atoms with E-state index in [-0.39, 0.29) is 17.9 Å². The van der Waals surface area contributed by atoms with Crippen LogP contribution in [0.1, 0.15) is 55.8 Å². The summed E-state index contributed by atoms with van der Waals surface area (Å²) < 4.78 is 0. The van der Waals surface area contributed by atoms with Crippen LogP contribution in [0, 0.1) is 0 Å². The molecule has 0 saturated heterocycles. The third kappa shape index (κ3) is 5.77. The van der Waals surface area contributed by atoms with Gasteiger partial charge in [-0.05, 0) is 31.0 Å². The van der Waals surface area contributed by atoms with Crippen LogP contribution >= 0.6 is 0 Å². The fourth-order valence-corrected chi connectivity index (χ4v) is 3.21. The fraction of sp³-hybridized carbons (Fsp3) is 0.400. The lowest BCUT2D eigenvalue weighted by atomic mass is 10.1. The summed E-state index contributed by atoms with van der Waals surface area (Å²) in [5.41, 5.74) is 1.89. The van der Waals surface area contributed by atoms with Crippen molar-refractivity contribution in [3.63, 3.8) is 0 Å². The molecule has 0 unspecified atom stereocenters. The van der Waals surface area contributed by atoms with Crippen molar-refractivity contribution in [1.82, 2.24) is 15.3 Å². The predicted octanol–water partition coefficient (Wildman–Crippen LogP) is 3.63. The molecule has 0 bridgehead atoms. The van der Waals surface area contributed by atoms with Gasteiger partial charge in [-0.1, -0.05) is 31.7 Å². The van der Waals surface area contributed by atoms with Gasteiger partial charge in [-0.2, -0.15) is 0 Å². The van der Waals surface area contributed by atoms with E-state index in [9.17, 15) is 9.59 Å². The summed E-state index contributed by atoms with van der Waals surface area (Å²) in [5.74, 6) is 0.134. The molecule has 7 heteroatoms. The monoisotopic (exact) mass is 367 g/mol. The first-order chi connectivity index (χ1) is 13.1. The Morgan fingerprint density at radius 1 is 1.00 bits per heavy atom. The van der Waals surface area contributed by atoms with Gasteiger partial charge in [0.25, 0.3) is 5.91 Å². The van der Waals surface area contributed by atoms with Gasteiger partial charge < -0.3 is 16.0 Å². The van der Waals surface area contributed by atoms with Gasteiger partial charge in [-0.25, -0.2) is 9.97 Å². The van der Waals surface area contributed by atoms with Crippen molar-refractivity contribution < 1.29 is 9.59 Å². The van der Waals surface area contributed by atoms with Crippen LogP contribution in [0.25, 0.3) is 0 Å². The first-order valence-electron chi connectivity index (χ1n) is 9.38. The summed E-state index contributed by atoms with van der Waals surface area (Å²) in [4.78, 5) is 32.0. The topological polar surface area (TPSA) is 96.0 Å². The molecule has 27 heavy (non-hydrogen) atoms. The van der Waals surface area contributed by atoms with Crippen LogP contribution in [0.5, 0.6) is 0 Å². The third-order valence-electron chi connectivity index (χ3n) is 4.54. The predicted molar refractivity (Wildman–Crippen MR) is 105 cm³/mol. The smallest absolute Gasteiger partial charge is 0.254 e. The van der Waals surface area contributed by atoms with E-state index in [4.69, 9.17) is 0 Å². The SMILES string of the molecule is CC(=O)Nc1cccc(Nc2ncc(C(=O)NC3CCCCCC3)cn2)c1. The zero-order chi connectivity index (χ0) is 19.1. The first-order valence-corrected chi connectivity index (χ1v) is 9.38. The molecule has 3 rings (SSSR count). The minimum atomic E-state index is -0.132. The van der Waals surface area contributed by atoms with Crippen LogP contribution in [-0.4, -0.2) is 27.8 Å². The minimum absolute atomic E-state index is 0.124. The van der Waals surface area contributed by atoms with E-state index >= 15 is 0 Å². The van der Waals surface area contributed by atoms with Crippen molar-refractivity contribution in [2.45, 2.75) is 51.5 Å². The van der Waals surface area contributed by atoms with Gasteiger partial charge >= 0.3 is 0 Å². The Balaban J connectivity index is 1.59. The molecule has 7 nitrogen and oxygen atoms in total. The molecule has 1 heterocycles. The Morgan fingerprint density at radius 3 is 2.33 bits per heavy atom. The maximum absolute atomic E-state index is 12.4. The summed E-state index contributed by atoms with van der Waals surface area (Å²) in [5, 5.41) is 8.88. The number of nitrogens with zero attached hydrogens (tertiary/aromatic N) is 2. The van der Waals surface area contributed by atoms with Crippen molar-refractivity contribution in [1.29, 1.82) is 0 Å². The van der Waals surface area contributed by atoms with Gasteiger partial charge in [0, 0.05) is 36.7 Å². The fourth-order valence-electron chi connectivity index (χ4n) is 3.21. The quantitative estimate of drug-likeness (QED) is 0.701. The van der Waals surface area contributed by atoms with E-state index in [2.05, 4.69) is 25.9 Å². The van der Waals surface area contributed by atoms with Crippen molar-refractivity contribution in [3.8, 4) is 0 Å². The van der Waals surface area contributed by atoms with Crippen molar-refractivity contribution in [2.24, 2.45) is 0 Å². The molecule has 0 atom stereocenters. The lowest BCUT2D eigenvalue weighted by molar-refractivity contribution is -0.114. The number of amides is 2. The summed E-state index contributed by atoms with van der Waals surface area (Å²) in [6, 6.07) is 7.50. The van der Waals surface area contributed by atoms with E-state index in [1.165, 1.54) is 45.0 Å². The Hall–Kier alpha value is -2.96. The number of aromatic nitrogens is 2. The van der Waals surface area contributed by atoms with Gasteiger partial charge in [0.2, 0.25) is 11.9 Å². The maximum atomic E-state index is 12.4. The number of hydrogen-bond acceptors (Lipinski definition) is 5. The third-order valence-corrected chi connectivity index (χ3v) is 4.54. The number of benzene rings is 1. The normalized spacial score (nSPS) is 14.9. The van der Waals surface area contributed by atoms with E-state index < -0.39 is 0 Å². The standard InChI is InChI=1S/C20H25N5O2/c1-14(26)23-17-9-6-10-18(11-17)25-20-21-12-15(13-22-20)19(27)24-16-7-4-2-3-5-8-16/h6,9-13,16H,2-5,7-8H2,1H3,(H,23,26)(H,24,27)(H,21,22,25). The van der Waals surface area contributed by atoms with Crippen LogP contribution in [0.3, 0.4) is 0 Å². The second-order valence-electron chi connectivity index (χ2n) is 6.84. The van der Waals surface area contributed by atoms with Crippen LogP contribution in [0.15, 0.2) is 36.7 Å². The Kier molecular flexibility index (Phi) is 6.35. The van der Waals surface area contributed by atoms with E-state index in [1.54, 1.807) is 12.1 Å². The molecule has 142 valence electrons. The highest BCUT2D eigenvalue weighted by atomic mass is 16.2. The highest BCUT2D eigenvalue weighted by Gasteiger charge is 2.16. The van der Waals surface area contributed by atoms with Gasteiger partial charge in [-0.3, -0.25) is 9.59 Å². The largest absolute Gasteiger partial charge is 0.349 e. The Bertz CT molecular complexity index is 783. The molecule has 2 aromatic rings. The molecule has 1 aromatic carbocycles. The van der Waals surface area contributed by atoms with Gasteiger partial charge in [0.05, 0.1) is 5.56 Å². The van der Waals surface area contributed by atoms with Crippen LogP contribution in [0.4, 0.5) is 17.3 Å². The maximum Gasteiger partial charge on any atom is 0.254 e. The second kappa shape index (κ2) is 9.12. The van der Waals surface area contributed by atoms with Gasteiger partial charge in [0.15, 0.2) is 0 Å². The van der Waals surface area contributed by atoms with E-state index in [0.29, 0.717) is 17.2 Å². The molecule has 0 radical (unpaired) electrons. The molecule has 0 spiro atoms. The first kappa shape index (κ1) is 18.8. The van der Waals surface area contributed by atoms with Crippen LogP contribution in [-0.2, 0) is 4.79 Å². The second-order valence-corrected chi connectivity index (χ2v) is 6.84. The number of rotatable bonds is 5. The summed E-state index contributed by atoms with van der Waals surface area (Å²) in [6.07, 6.45) is 9.97. The molecule has 1 aliphatic carbocycles. The zero-order valence-corrected chi connectivity index (χ0v) is 15.5. The molecular weight excluding hydrogens is 342 g/mol. The van der Waals surface area contributed by atoms with Crippen molar-refractivity contribution in [2.75, 3.05) is 10.6 Å². The minimum Gasteiger partial charge on any atom is -0.349 e. The molecule has 1 aromatic heterocycles. The number of hydrogen-bond donors (Lipinski definition) is 3. The molecule has 3 N–H and O–H groups in total. The summed E-state index contributed by atoms with van der Waals surface area (Å²) in [7, 11) is 0. The Labute approximate surface area is 159 Å². The number of carbonyl (C=O) groups is 2. The molecular formula is C20H25N5O2. The summed E-state index contributed by atoms with van der Waals surface area (Å²) in [6.45, 7) is 1.46. The van der Waals surface area contributed by atoms with Crippen LogP contribution < -0.4 is 16.0 Å². The van der Waals surface area contributed by atoms with Crippen molar-refractivity contribution >= 4 is 29.1 Å². The molecule has 1 fully saturated rings. The van der Waals surface area contributed by atoms with Gasteiger partial charge in [-0.15, -0.1) is 0 Å². The molecule has 1 saturated carbocycles. The number of carbonyl (C=O) groups excluding carboxylic acids is 2. The van der Waals surface area contributed by atoms with E-state index in [1.807, 2.05) is 12.1 Å². The summed E-state index contributed by atoms with van der Waals surface area (Å²) >= 11 is 0. The Morgan fingerprint density at radius 2 is 1.67 bits per heavy atom. The molecule has 2 amide bonds. The number of anilines is 3. The van der Waals surface area contributed by atoms with E-state index in [0.717, 1.165) is 18.5 Å². The highest BCUT2D eigenvalue weighted by Crippen LogP contribution is 2.19. The molecule has 0 aliphatic heterocycles. The molecule has 1 aliphatic rings. The highest BCUT2D eigenvalue weighted by molar-refractivity contribution is 5.94. The zero-order valence-electron chi connectivity index (χ0n) is 15.5. The van der Waals surface area contributed by atoms with Crippen molar-refractivity contribution in [3.05, 3.63) is 42.2 Å². The average molecular weight is 367 g/mol. The number of nitrogens with one attached hydrogen (secondary N) is 3. The lowest BCUT2D eigenvalue weighted by Crippen LogP contribution is -2.34. The van der Waals surface area contributed by atoms with Gasteiger partial charge in [0.1, 0.15) is 0 Å².